The van der Waals surface area contributed by atoms with Crippen molar-refractivity contribution in [1.82, 2.24) is 5.32 Å². The third kappa shape index (κ3) is 4.99. The second kappa shape index (κ2) is 7.78. The normalized spacial score (nSPS) is 16.9. The van der Waals surface area contributed by atoms with Crippen molar-refractivity contribution in [3.8, 4) is 0 Å². The number of amides is 1. The van der Waals surface area contributed by atoms with Crippen molar-refractivity contribution in [3.63, 3.8) is 0 Å². The summed E-state index contributed by atoms with van der Waals surface area (Å²) in [7, 11) is 0. The molecule has 1 saturated heterocycles. The van der Waals surface area contributed by atoms with Crippen LogP contribution in [0.1, 0.15) is 29.5 Å². The third-order valence-electron chi connectivity index (χ3n) is 3.82. The lowest BCUT2D eigenvalue weighted by Gasteiger charge is -2.31. The van der Waals surface area contributed by atoms with Crippen LogP contribution in [0.3, 0.4) is 0 Å². The van der Waals surface area contributed by atoms with Crippen LogP contribution in [-0.2, 0) is 16.0 Å². The number of rotatable bonds is 4. The fourth-order valence-corrected chi connectivity index (χ4v) is 2.67. The maximum atomic E-state index is 12.2. The minimum atomic E-state index is -0.749. The third-order valence-corrected chi connectivity index (χ3v) is 3.82. The molecular weight excluding hydrogens is 288 g/mol. The van der Waals surface area contributed by atoms with E-state index in [0.717, 1.165) is 6.42 Å². The Bertz CT molecular complexity index is 465. The molecule has 118 valence electrons. The zero-order valence-corrected chi connectivity index (χ0v) is 13.6. The molecule has 1 aromatic carbocycles. The van der Waals surface area contributed by atoms with Crippen LogP contribution < -0.4 is 11.1 Å². The van der Waals surface area contributed by atoms with E-state index in [9.17, 15) is 4.79 Å². The van der Waals surface area contributed by atoms with E-state index < -0.39 is 5.54 Å². The van der Waals surface area contributed by atoms with E-state index in [4.69, 9.17) is 10.5 Å². The van der Waals surface area contributed by atoms with Crippen molar-refractivity contribution in [3.05, 3.63) is 34.9 Å². The number of carbonyl (C=O) groups is 1. The van der Waals surface area contributed by atoms with Crippen molar-refractivity contribution >= 4 is 18.3 Å². The molecular formula is C16H25ClN2O2. The summed E-state index contributed by atoms with van der Waals surface area (Å²) in [4.78, 5) is 12.2. The molecule has 0 unspecified atom stereocenters. The van der Waals surface area contributed by atoms with Crippen LogP contribution in [0.4, 0.5) is 0 Å². The number of hydrogen-bond donors (Lipinski definition) is 2. The summed E-state index contributed by atoms with van der Waals surface area (Å²) >= 11 is 0. The van der Waals surface area contributed by atoms with Gasteiger partial charge in [-0.2, -0.15) is 0 Å². The highest BCUT2D eigenvalue weighted by Gasteiger charge is 2.35. The molecule has 4 nitrogen and oxygen atoms in total. The Morgan fingerprint density at radius 3 is 2.38 bits per heavy atom. The topological polar surface area (TPSA) is 64.4 Å². The van der Waals surface area contributed by atoms with E-state index in [2.05, 4.69) is 37.4 Å². The van der Waals surface area contributed by atoms with Gasteiger partial charge in [-0.25, -0.2) is 0 Å². The van der Waals surface area contributed by atoms with Crippen molar-refractivity contribution in [1.29, 1.82) is 0 Å². The fraction of sp³-hybridized carbons (Fsp3) is 0.562. The molecule has 2 rings (SSSR count). The van der Waals surface area contributed by atoms with Crippen LogP contribution in [-0.4, -0.2) is 31.2 Å². The molecule has 3 N–H and O–H groups in total. The zero-order chi connectivity index (χ0) is 14.6. The fourth-order valence-electron chi connectivity index (χ4n) is 2.67. The lowest BCUT2D eigenvalue weighted by Crippen LogP contribution is -2.57. The van der Waals surface area contributed by atoms with Gasteiger partial charge in [0.1, 0.15) is 0 Å². The number of nitrogens with one attached hydrogen (secondary N) is 1. The molecule has 0 aliphatic carbocycles. The quantitative estimate of drug-likeness (QED) is 0.892. The number of hydrogen-bond acceptors (Lipinski definition) is 3. The molecule has 1 heterocycles. The molecule has 0 atom stereocenters. The van der Waals surface area contributed by atoms with Crippen molar-refractivity contribution in [2.24, 2.45) is 5.73 Å². The van der Waals surface area contributed by atoms with Gasteiger partial charge in [0.2, 0.25) is 5.91 Å². The SMILES string of the molecule is Cc1cc(C)cc(CCNC(=O)C2(N)CCOCC2)c1.Cl. The van der Waals surface area contributed by atoms with E-state index in [-0.39, 0.29) is 18.3 Å². The predicted octanol–water partition coefficient (Wildman–Crippen LogP) is 1.89. The maximum absolute atomic E-state index is 12.2. The molecule has 0 radical (unpaired) electrons. The van der Waals surface area contributed by atoms with Crippen LogP contribution in [0.15, 0.2) is 18.2 Å². The number of halogens is 1. The first-order valence-electron chi connectivity index (χ1n) is 7.22. The van der Waals surface area contributed by atoms with E-state index in [0.29, 0.717) is 32.6 Å². The minimum Gasteiger partial charge on any atom is -0.381 e. The lowest BCUT2D eigenvalue weighted by atomic mass is 9.90. The standard InChI is InChI=1S/C16H24N2O2.ClH/c1-12-9-13(2)11-14(10-12)3-6-18-15(19)16(17)4-7-20-8-5-16;/h9-11H,3-8,17H2,1-2H3,(H,18,19);1H. The summed E-state index contributed by atoms with van der Waals surface area (Å²) in [5.74, 6) is -0.0508. The highest BCUT2D eigenvalue weighted by molar-refractivity contribution is 5.86. The molecule has 0 aromatic heterocycles. The van der Waals surface area contributed by atoms with Gasteiger partial charge in [-0.1, -0.05) is 29.3 Å². The summed E-state index contributed by atoms with van der Waals surface area (Å²) in [5.41, 5.74) is 9.15. The van der Waals surface area contributed by atoms with Gasteiger partial charge in [0, 0.05) is 19.8 Å². The van der Waals surface area contributed by atoms with Gasteiger partial charge in [0.05, 0.1) is 5.54 Å². The predicted molar refractivity (Wildman–Crippen MR) is 86.8 cm³/mol. The first-order valence-corrected chi connectivity index (χ1v) is 7.22. The Morgan fingerprint density at radius 1 is 1.24 bits per heavy atom. The largest absolute Gasteiger partial charge is 0.381 e. The second-order valence-electron chi connectivity index (χ2n) is 5.77. The first-order chi connectivity index (χ1) is 9.49. The molecule has 21 heavy (non-hydrogen) atoms. The van der Waals surface area contributed by atoms with Gasteiger partial charge in [-0.05, 0) is 38.7 Å². The molecule has 5 heteroatoms. The Kier molecular flexibility index (Phi) is 6.65. The molecule has 1 amide bonds. The Morgan fingerprint density at radius 2 is 1.81 bits per heavy atom. The molecule has 1 fully saturated rings. The van der Waals surface area contributed by atoms with E-state index in [1.54, 1.807) is 0 Å². The van der Waals surface area contributed by atoms with Gasteiger partial charge < -0.3 is 15.8 Å². The smallest absolute Gasteiger partial charge is 0.240 e. The number of aryl methyl sites for hydroxylation is 2. The Hall–Kier alpha value is -1.10. The highest BCUT2D eigenvalue weighted by atomic mass is 35.5. The molecule has 0 bridgehead atoms. The molecule has 1 aliphatic heterocycles. The van der Waals surface area contributed by atoms with Gasteiger partial charge in [-0.15, -0.1) is 12.4 Å². The van der Waals surface area contributed by atoms with Gasteiger partial charge in [-0.3, -0.25) is 4.79 Å². The van der Waals surface area contributed by atoms with E-state index in [1.807, 2.05) is 0 Å². The first kappa shape index (κ1) is 18.0. The van der Waals surface area contributed by atoms with Gasteiger partial charge >= 0.3 is 0 Å². The lowest BCUT2D eigenvalue weighted by molar-refractivity contribution is -0.129. The number of benzene rings is 1. The van der Waals surface area contributed by atoms with Crippen molar-refractivity contribution in [2.45, 2.75) is 38.6 Å². The van der Waals surface area contributed by atoms with Crippen LogP contribution in [0.2, 0.25) is 0 Å². The molecule has 1 aromatic rings. The summed E-state index contributed by atoms with van der Waals surface area (Å²) in [5, 5.41) is 2.96. The summed E-state index contributed by atoms with van der Waals surface area (Å²) < 4.78 is 5.26. The minimum absolute atomic E-state index is 0. The summed E-state index contributed by atoms with van der Waals surface area (Å²) in [6, 6.07) is 6.47. The van der Waals surface area contributed by atoms with Crippen LogP contribution in [0, 0.1) is 13.8 Å². The second-order valence-corrected chi connectivity index (χ2v) is 5.77. The molecule has 0 spiro atoms. The molecule has 0 saturated carbocycles. The molecule has 1 aliphatic rings. The number of carbonyl (C=O) groups excluding carboxylic acids is 1. The van der Waals surface area contributed by atoms with E-state index >= 15 is 0 Å². The van der Waals surface area contributed by atoms with Crippen molar-refractivity contribution in [2.75, 3.05) is 19.8 Å². The van der Waals surface area contributed by atoms with Gasteiger partial charge in [0.25, 0.3) is 0 Å². The van der Waals surface area contributed by atoms with Gasteiger partial charge in [0.15, 0.2) is 0 Å². The average Bonchev–Trinajstić information content (AvgIpc) is 2.38. The zero-order valence-electron chi connectivity index (χ0n) is 12.8. The number of nitrogens with two attached hydrogens (primary N) is 1. The number of ether oxygens (including phenoxy) is 1. The monoisotopic (exact) mass is 312 g/mol. The van der Waals surface area contributed by atoms with Crippen LogP contribution >= 0.6 is 12.4 Å². The van der Waals surface area contributed by atoms with Crippen LogP contribution in [0.25, 0.3) is 0 Å². The maximum Gasteiger partial charge on any atom is 0.240 e. The Labute approximate surface area is 132 Å². The highest BCUT2D eigenvalue weighted by Crippen LogP contribution is 2.17. The van der Waals surface area contributed by atoms with Crippen LogP contribution in [0.5, 0.6) is 0 Å². The summed E-state index contributed by atoms with van der Waals surface area (Å²) in [6.45, 7) is 5.95. The van der Waals surface area contributed by atoms with E-state index in [1.165, 1.54) is 16.7 Å². The summed E-state index contributed by atoms with van der Waals surface area (Å²) in [6.07, 6.45) is 2.03. The average molecular weight is 313 g/mol. The Balaban J connectivity index is 0.00000220. The van der Waals surface area contributed by atoms with Crippen molar-refractivity contribution < 1.29 is 9.53 Å².